The molecule has 2 saturated heterocycles. The maximum atomic E-state index is 5.64. The van der Waals surface area contributed by atoms with Gasteiger partial charge < -0.3 is 14.8 Å². The van der Waals surface area contributed by atoms with Gasteiger partial charge in [0.05, 0.1) is 13.2 Å². The van der Waals surface area contributed by atoms with Gasteiger partial charge in [0.15, 0.2) is 0 Å². The Labute approximate surface area is 60.7 Å². The Morgan fingerprint density at radius 3 is 2.90 bits per heavy atom. The third kappa shape index (κ3) is 1.05. The van der Waals surface area contributed by atoms with Crippen LogP contribution < -0.4 is 5.32 Å². The van der Waals surface area contributed by atoms with Crippen molar-refractivity contribution in [3.05, 3.63) is 0 Å². The lowest BCUT2D eigenvalue weighted by Gasteiger charge is -2.39. The van der Waals surface area contributed by atoms with Crippen molar-refractivity contribution in [3.8, 4) is 0 Å². The third-order valence-electron chi connectivity index (χ3n) is 2.08. The van der Waals surface area contributed by atoms with Crippen LogP contribution in [0.25, 0.3) is 0 Å². The molecule has 0 amide bonds. The summed E-state index contributed by atoms with van der Waals surface area (Å²) in [5, 5.41) is 3.34. The molecule has 0 aromatic heterocycles. The molecule has 2 rings (SSSR count). The molecular formula is C7H13NO2. The minimum atomic E-state index is 0.0521. The third-order valence-corrected chi connectivity index (χ3v) is 2.08. The summed E-state index contributed by atoms with van der Waals surface area (Å²) >= 11 is 0. The van der Waals surface area contributed by atoms with E-state index in [1.54, 1.807) is 0 Å². The molecule has 1 N–H and O–H groups in total. The monoisotopic (exact) mass is 143 g/mol. The standard InChI is InChI=1S/C7H13NO2/c1-2-8-4-7(10-3-1)5-9-6-7/h8H,1-6H2. The summed E-state index contributed by atoms with van der Waals surface area (Å²) in [5.41, 5.74) is 0.0521. The summed E-state index contributed by atoms with van der Waals surface area (Å²) in [5.74, 6) is 0. The van der Waals surface area contributed by atoms with E-state index in [1.807, 2.05) is 0 Å². The van der Waals surface area contributed by atoms with E-state index in [9.17, 15) is 0 Å². The molecule has 0 radical (unpaired) electrons. The first-order valence-electron chi connectivity index (χ1n) is 3.84. The van der Waals surface area contributed by atoms with E-state index in [4.69, 9.17) is 9.47 Å². The van der Waals surface area contributed by atoms with E-state index in [1.165, 1.54) is 0 Å². The summed E-state index contributed by atoms with van der Waals surface area (Å²) in [6.45, 7) is 4.49. The van der Waals surface area contributed by atoms with Crippen LogP contribution in [0.4, 0.5) is 0 Å². The number of hydrogen-bond donors (Lipinski definition) is 1. The van der Waals surface area contributed by atoms with Gasteiger partial charge in [-0.25, -0.2) is 0 Å². The van der Waals surface area contributed by atoms with Crippen LogP contribution in [0.5, 0.6) is 0 Å². The molecule has 0 saturated carbocycles. The van der Waals surface area contributed by atoms with Crippen molar-refractivity contribution in [1.82, 2.24) is 5.32 Å². The highest BCUT2D eigenvalue weighted by atomic mass is 16.6. The van der Waals surface area contributed by atoms with Gasteiger partial charge in [-0.15, -0.1) is 0 Å². The summed E-state index contributed by atoms with van der Waals surface area (Å²) in [6, 6.07) is 0. The lowest BCUT2D eigenvalue weighted by Crippen LogP contribution is -2.57. The zero-order chi connectivity index (χ0) is 6.86. The Balaban J connectivity index is 1.92. The van der Waals surface area contributed by atoms with Gasteiger partial charge in [-0.05, 0) is 13.0 Å². The van der Waals surface area contributed by atoms with Crippen molar-refractivity contribution in [2.24, 2.45) is 0 Å². The summed E-state index contributed by atoms with van der Waals surface area (Å²) in [4.78, 5) is 0. The van der Waals surface area contributed by atoms with Crippen molar-refractivity contribution in [2.45, 2.75) is 12.0 Å². The van der Waals surface area contributed by atoms with Crippen LogP contribution in [0, 0.1) is 0 Å². The van der Waals surface area contributed by atoms with E-state index in [2.05, 4.69) is 5.32 Å². The zero-order valence-corrected chi connectivity index (χ0v) is 6.06. The number of nitrogens with one attached hydrogen (secondary N) is 1. The molecular weight excluding hydrogens is 130 g/mol. The Kier molecular flexibility index (Phi) is 1.64. The molecule has 3 nitrogen and oxygen atoms in total. The molecule has 2 aliphatic heterocycles. The van der Waals surface area contributed by atoms with Crippen LogP contribution in [0.2, 0.25) is 0 Å². The van der Waals surface area contributed by atoms with Gasteiger partial charge in [0.2, 0.25) is 0 Å². The molecule has 58 valence electrons. The maximum Gasteiger partial charge on any atom is 0.127 e. The van der Waals surface area contributed by atoms with Gasteiger partial charge in [0, 0.05) is 13.2 Å². The van der Waals surface area contributed by atoms with Crippen LogP contribution in [0.1, 0.15) is 6.42 Å². The summed E-state index contributed by atoms with van der Waals surface area (Å²) in [7, 11) is 0. The van der Waals surface area contributed by atoms with Crippen LogP contribution >= 0.6 is 0 Å². The second-order valence-electron chi connectivity index (χ2n) is 3.05. The van der Waals surface area contributed by atoms with Gasteiger partial charge in [0.25, 0.3) is 0 Å². The predicted molar refractivity (Wildman–Crippen MR) is 37.0 cm³/mol. The fraction of sp³-hybridized carbons (Fsp3) is 1.00. The van der Waals surface area contributed by atoms with Crippen LogP contribution in [-0.4, -0.2) is 38.5 Å². The highest BCUT2D eigenvalue weighted by molar-refractivity contribution is 4.91. The van der Waals surface area contributed by atoms with Crippen molar-refractivity contribution < 1.29 is 9.47 Å². The zero-order valence-electron chi connectivity index (χ0n) is 6.06. The maximum absolute atomic E-state index is 5.64. The molecule has 2 heterocycles. The Morgan fingerprint density at radius 1 is 1.30 bits per heavy atom. The smallest absolute Gasteiger partial charge is 0.127 e. The molecule has 0 bridgehead atoms. The predicted octanol–water partition coefficient (Wildman–Crippen LogP) is -0.235. The molecule has 1 spiro atoms. The van der Waals surface area contributed by atoms with Crippen LogP contribution in [0.3, 0.4) is 0 Å². The first kappa shape index (κ1) is 6.58. The van der Waals surface area contributed by atoms with E-state index in [-0.39, 0.29) is 5.60 Å². The second kappa shape index (κ2) is 2.49. The topological polar surface area (TPSA) is 30.5 Å². The Hall–Kier alpha value is -0.120. The fourth-order valence-electron chi connectivity index (χ4n) is 1.37. The molecule has 0 unspecified atom stereocenters. The summed E-state index contributed by atoms with van der Waals surface area (Å²) in [6.07, 6.45) is 1.13. The number of rotatable bonds is 0. The van der Waals surface area contributed by atoms with Gasteiger partial charge >= 0.3 is 0 Å². The number of ether oxygens (including phenoxy) is 2. The normalized spacial score (nSPS) is 31.2. The van der Waals surface area contributed by atoms with Crippen LogP contribution in [0.15, 0.2) is 0 Å². The van der Waals surface area contributed by atoms with E-state index in [0.29, 0.717) is 0 Å². The fourth-order valence-corrected chi connectivity index (χ4v) is 1.37. The first-order valence-corrected chi connectivity index (χ1v) is 3.84. The SMILES string of the molecule is C1CNCC2(COC2)OC1. The average Bonchev–Trinajstić information content (AvgIpc) is 2.08. The molecule has 2 fully saturated rings. The minimum Gasteiger partial charge on any atom is -0.375 e. The average molecular weight is 143 g/mol. The van der Waals surface area contributed by atoms with Crippen molar-refractivity contribution in [3.63, 3.8) is 0 Å². The minimum absolute atomic E-state index is 0.0521. The molecule has 0 aromatic rings. The first-order chi connectivity index (χ1) is 4.91. The lowest BCUT2D eigenvalue weighted by molar-refractivity contribution is -0.201. The lowest BCUT2D eigenvalue weighted by atomic mass is 10.0. The van der Waals surface area contributed by atoms with Gasteiger partial charge in [-0.3, -0.25) is 0 Å². The van der Waals surface area contributed by atoms with Crippen molar-refractivity contribution >= 4 is 0 Å². The molecule has 2 aliphatic rings. The van der Waals surface area contributed by atoms with E-state index < -0.39 is 0 Å². The van der Waals surface area contributed by atoms with Crippen molar-refractivity contribution in [1.29, 1.82) is 0 Å². The largest absolute Gasteiger partial charge is 0.375 e. The molecule has 3 heteroatoms. The quantitative estimate of drug-likeness (QED) is 0.508. The van der Waals surface area contributed by atoms with Gasteiger partial charge in [0.1, 0.15) is 5.60 Å². The highest BCUT2D eigenvalue weighted by Crippen LogP contribution is 2.22. The number of hydrogen-bond acceptors (Lipinski definition) is 3. The van der Waals surface area contributed by atoms with E-state index >= 15 is 0 Å². The Morgan fingerprint density at radius 2 is 2.20 bits per heavy atom. The van der Waals surface area contributed by atoms with Crippen LogP contribution in [-0.2, 0) is 9.47 Å². The second-order valence-corrected chi connectivity index (χ2v) is 3.05. The molecule has 0 atom stereocenters. The highest BCUT2D eigenvalue weighted by Gasteiger charge is 2.40. The van der Waals surface area contributed by atoms with Gasteiger partial charge in [-0.1, -0.05) is 0 Å². The van der Waals surface area contributed by atoms with Gasteiger partial charge in [-0.2, -0.15) is 0 Å². The van der Waals surface area contributed by atoms with Crippen molar-refractivity contribution in [2.75, 3.05) is 32.9 Å². The molecule has 0 aromatic carbocycles. The molecule has 10 heavy (non-hydrogen) atoms. The Bertz CT molecular complexity index is 113. The molecule has 0 aliphatic carbocycles. The van der Waals surface area contributed by atoms with E-state index in [0.717, 1.165) is 39.3 Å². The summed E-state index contributed by atoms with van der Waals surface area (Å²) < 4.78 is 10.7.